The Kier molecular flexibility index (Phi) is 5.77. The Morgan fingerprint density at radius 2 is 1.91 bits per heavy atom. The molecular formula is C24H23N7O3S. The van der Waals surface area contributed by atoms with Crippen LogP contribution in [0.2, 0.25) is 0 Å². The van der Waals surface area contributed by atoms with Crippen molar-refractivity contribution in [1.82, 2.24) is 35.2 Å². The van der Waals surface area contributed by atoms with E-state index < -0.39 is 9.84 Å². The van der Waals surface area contributed by atoms with Crippen molar-refractivity contribution in [2.75, 3.05) is 5.75 Å². The minimum Gasteiger partial charge on any atom is -0.457 e. The van der Waals surface area contributed by atoms with Gasteiger partial charge in [-0.25, -0.2) is 18.1 Å². The number of aryl methyl sites for hydroxylation is 1. The highest BCUT2D eigenvalue weighted by molar-refractivity contribution is 7.91. The number of pyridine rings is 1. The molecule has 0 amide bonds. The van der Waals surface area contributed by atoms with Crippen LogP contribution in [0.15, 0.2) is 65.7 Å². The number of ether oxygens (including phenoxy) is 1. The summed E-state index contributed by atoms with van der Waals surface area (Å²) in [6.07, 6.45) is 1.72. The number of rotatable bonds is 7. The molecule has 2 aromatic carbocycles. The topological polar surface area (TPSA) is 129 Å². The minimum atomic E-state index is -3.30. The fraction of sp³-hybridized carbons (Fsp3) is 0.208. The number of fused-ring (bicyclic) bond motifs is 1. The van der Waals surface area contributed by atoms with Crippen molar-refractivity contribution in [1.29, 1.82) is 0 Å². The highest BCUT2D eigenvalue weighted by Crippen LogP contribution is 2.37. The van der Waals surface area contributed by atoms with Gasteiger partial charge in [-0.05, 0) is 52.9 Å². The second-order valence-electron chi connectivity index (χ2n) is 8.07. The number of nitrogens with one attached hydrogen (secondary N) is 1. The number of benzene rings is 2. The third-order valence-corrected chi connectivity index (χ3v) is 7.57. The standard InChI is InChI=1S/C24H23N7O3S/c1-4-35(32,33)17-10-8-16(9-11-17)34-22-14-21-20(26-23(27-21)19-7-5-6-12-25-19)13-18(22)15(2)24-28-29-30-31(24)3/h5-15H,4H2,1-3H3,(H,26,27). The number of imidazole rings is 1. The molecule has 0 aliphatic rings. The molecule has 3 heterocycles. The maximum absolute atomic E-state index is 12.2. The zero-order valence-electron chi connectivity index (χ0n) is 19.4. The average molecular weight is 490 g/mol. The Morgan fingerprint density at radius 3 is 2.57 bits per heavy atom. The number of sulfone groups is 1. The molecule has 10 nitrogen and oxygen atoms in total. The molecule has 1 N–H and O–H groups in total. The van der Waals surface area contributed by atoms with E-state index in [2.05, 4.69) is 25.5 Å². The van der Waals surface area contributed by atoms with Crippen LogP contribution in [0.3, 0.4) is 0 Å². The lowest BCUT2D eigenvalue weighted by atomic mass is 9.98. The smallest absolute Gasteiger partial charge is 0.178 e. The Labute approximate surface area is 201 Å². The van der Waals surface area contributed by atoms with E-state index >= 15 is 0 Å². The van der Waals surface area contributed by atoms with Crippen molar-refractivity contribution >= 4 is 20.9 Å². The molecule has 0 saturated carbocycles. The van der Waals surface area contributed by atoms with Crippen LogP contribution in [0, 0.1) is 0 Å². The van der Waals surface area contributed by atoms with E-state index in [1.54, 1.807) is 49.1 Å². The summed E-state index contributed by atoms with van der Waals surface area (Å²) in [7, 11) is -1.51. The molecule has 0 spiro atoms. The van der Waals surface area contributed by atoms with E-state index in [0.29, 0.717) is 28.7 Å². The monoisotopic (exact) mass is 489 g/mol. The molecule has 0 bridgehead atoms. The number of aromatic amines is 1. The third-order valence-electron chi connectivity index (χ3n) is 5.82. The van der Waals surface area contributed by atoms with Crippen LogP contribution in [0.1, 0.15) is 31.2 Å². The maximum atomic E-state index is 12.2. The molecule has 5 aromatic rings. The number of tetrazole rings is 1. The second kappa shape index (κ2) is 8.91. The predicted molar refractivity (Wildman–Crippen MR) is 130 cm³/mol. The molecule has 0 radical (unpaired) electrons. The minimum absolute atomic E-state index is 0.0367. The Hall–Kier alpha value is -4.12. The summed E-state index contributed by atoms with van der Waals surface area (Å²) >= 11 is 0. The molecule has 1 unspecified atom stereocenters. The van der Waals surface area contributed by atoms with Gasteiger partial charge in [0.25, 0.3) is 0 Å². The maximum Gasteiger partial charge on any atom is 0.178 e. The molecule has 3 aromatic heterocycles. The van der Waals surface area contributed by atoms with Gasteiger partial charge in [0.15, 0.2) is 21.5 Å². The van der Waals surface area contributed by atoms with Gasteiger partial charge in [0, 0.05) is 30.8 Å². The lowest BCUT2D eigenvalue weighted by molar-refractivity contribution is 0.472. The highest BCUT2D eigenvalue weighted by Gasteiger charge is 2.22. The van der Waals surface area contributed by atoms with Crippen LogP contribution >= 0.6 is 0 Å². The molecule has 0 saturated heterocycles. The Bertz CT molecular complexity index is 1590. The van der Waals surface area contributed by atoms with Crippen LogP contribution in [0.25, 0.3) is 22.6 Å². The van der Waals surface area contributed by atoms with Crippen LogP contribution in [-0.2, 0) is 16.9 Å². The lowest BCUT2D eigenvalue weighted by Crippen LogP contribution is -2.07. The zero-order valence-corrected chi connectivity index (χ0v) is 20.2. The van der Waals surface area contributed by atoms with Gasteiger partial charge in [-0.3, -0.25) is 4.98 Å². The Morgan fingerprint density at radius 1 is 1.11 bits per heavy atom. The molecule has 0 aliphatic heterocycles. The van der Waals surface area contributed by atoms with E-state index in [0.717, 1.165) is 16.8 Å². The van der Waals surface area contributed by atoms with Crippen molar-refractivity contribution in [3.8, 4) is 23.0 Å². The van der Waals surface area contributed by atoms with E-state index in [-0.39, 0.29) is 16.6 Å². The predicted octanol–water partition coefficient (Wildman–Crippen LogP) is 3.89. The van der Waals surface area contributed by atoms with Gasteiger partial charge in [0.1, 0.15) is 17.2 Å². The molecule has 0 aliphatic carbocycles. The van der Waals surface area contributed by atoms with Gasteiger partial charge in [0.2, 0.25) is 0 Å². The average Bonchev–Trinajstić information content (AvgIpc) is 3.49. The van der Waals surface area contributed by atoms with E-state index in [4.69, 9.17) is 9.72 Å². The van der Waals surface area contributed by atoms with Gasteiger partial charge >= 0.3 is 0 Å². The van der Waals surface area contributed by atoms with Crippen molar-refractivity contribution in [2.45, 2.75) is 24.7 Å². The Balaban J connectivity index is 1.59. The van der Waals surface area contributed by atoms with Gasteiger partial charge < -0.3 is 9.72 Å². The van der Waals surface area contributed by atoms with Crippen molar-refractivity contribution in [2.24, 2.45) is 7.05 Å². The summed E-state index contributed by atoms with van der Waals surface area (Å²) in [6.45, 7) is 3.61. The summed E-state index contributed by atoms with van der Waals surface area (Å²) < 4.78 is 32.2. The van der Waals surface area contributed by atoms with Gasteiger partial charge in [-0.15, -0.1) is 5.10 Å². The number of H-pyrrole nitrogens is 1. The summed E-state index contributed by atoms with van der Waals surface area (Å²) in [5, 5.41) is 11.9. The number of hydrogen-bond acceptors (Lipinski definition) is 8. The van der Waals surface area contributed by atoms with Crippen molar-refractivity contribution in [3.63, 3.8) is 0 Å². The fourth-order valence-electron chi connectivity index (χ4n) is 3.86. The summed E-state index contributed by atoms with van der Waals surface area (Å²) in [5.41, 5.74) is 3.10. The quantitative estimate of drug-likeness (QED) is 0.365. The molecule has 178 valence electrons. The van der Waals surface area contributed by atoms with Crippen LogP contribution < -0.4 is 4.74 Å². The first-order valence-corrected chi connectivity index (χ1v) is 12.7. The first-order chi connectivity index (χ1) is 16.9. The molecule has 5 rings (SSSR count). The SMILES string of the molecule is CCS(=O)(=O)c1ccc(Oc2cc3nc(-c4ccccn4)[nH]c3cc2C(C)c2nnnn2C)cc1. The van der Waals surface area contributed by atoms with E-state index in [9.17, 15) is 8.42 Å². The van der Waals surface area contributed by atoms with Gasteiger partial charge in [-0.1, -0.05) is 19.9 Å². The molecule has 0 fully saturated rings. The third kappa shape index (κ3) is 4.37. The molecule has 1 atom stereocenters. The highest BCUT2D eigenvalue weighted by atomic mass is 32.2. The summed E-state index contributed by atoms with van der Waals surface area (Å²) in [4.78, 5) is 12.7. The van der Waals surface area contributed by atoms with E-state index in [1.165, 1.54) is 0 Å². The van der Waals surface area contributed by atoms with Crippen LogP contribution in [0.4, 0.5) is 0 Å². The first kappa shape index (κ1) is 22.7. The summed E-state index contributed by atoms with van der Waals surface area (Å²) in [6, 6.07) is 15.9. The van der Waals surface area contributed by atoms with Gasteiger partial charge in [0.05, 0.1) is 21.7 Å². The van der Waals surface area contributed by atoms with Crippen molar-refractivity contribution < 1.29 is 13.2 Å². The molecule has 11 heteroatoms. The van der Waals surface area contributed by atoms with Gasteiger partial charge in [-0.2, -0.15) is 0 Å². The number of hydrogen-bond donors (Lipinski definition) is 1. The van der Waals surface area contributed by atoms with E-state index in [1.807, 2.05) is 37.3 Å². The lowest BCUT2D eigenvalue weighted by Gasteiger charge is -2.16. The fourth-order valence-corrected chi connectivity index (χ4v) is 4.74. The van der Waals surface area contributed by atoms with Crippen molar-refractivity contribution in [3.05, 3.63) is 72.2 Å². The zero-order chi connectivity index (χ0) is 24.6. The summed E-state index contributed by atoms with van der Waals surface area (Å²) in [5.74, 6) is 2.22. The largest absolute Gasteiger partial charge is 0.457 e. The van der Waals surface area contributed by atoms with Crippen LogP contribution in [0.5, 0.6) is 11.5 Å². The number of aromatic nitrogens is 7. The molecular weight excluding hydrogens is 466 g/mol. The first-order valence-electron chi connectivity index (χ1n) is 11.0. The van der Waals surface area contributed by atoms with Crippen LogP contribution in [-0.4, -0.2) is 49.3 Å². The normalized spacial score (nSPS) is 12.7. The number of nitrogens with zero attached hydrogens (tertiary/aromatic N) is 6. The molecule has 35 heavy (non-hydrogen) atoms. The second-order valence-corrected chi connectivity index (χ2v) is 10.3.